The normalized spacial score (nSPS) is 10.9. The van der Waals surface area contributed by atoms with E-state index in [-0.39, 0.29) is 10.6 Å². The van der Waals surface area contributed by atoms with Crippen molar-refractivity contribution in [1.82, 2.24) is 0 Å². The van der Waals surface area contributed by atoms with Gasteiger partial charge in [0.2, 0.25) is 5.91 Å². The second-order valence-corrected chi connectivity index (χ2v) is 8.28. The third-order valence-corrected chi connectivity index (χ3v) is 6.11. The van der Waals surface area contributed by atoms with Gasteiger partial charge in [-0.15, -0.1) is 0 Å². The topological polar surface area (TPSA) is 92.8 Å². The van der Waals surface area contributed by atoms with Gasteiger partial charge in [0.05, 0.1) is 23.3 Å². The smallest absolute Gasteiger partial charge is 0.337 e. The molecule has 0 aliphatic heterocycles. The second kappa shape index (κ2) is 9.40. The molecule has 0 saturated carbocycles. The first kappa shape index (κ1) is 22.0. The summed E-state index contributed by atoms with van der Waals surface area (Å²) < 4.78 is 45.2. The van der Waals surface area contributed by atoms with Crippen LogP contribution in [-0.4, -0.2) is 33.9 Å². The van der Waals surface area contributed by atoms with E-state index in [0.29, 0.717) is 11.3 Å². The molecule has 0 spiro atoms. The molecule has 0 aromatic heterocycles. The van der Waals surface area contributed by atoms with E-state index in [9.17, 15) is 22.4 Å². The number of esters is 1. The third kappa shape index (κ3) is 5.26. The molecule has 160 valence electrons. The van der Waals surface area contributed by atoms with Crippen LogP contribution >= 0.6 is 0 Å². The molecule has 0 atom stereocenters. The Hall–Kier alpha value is -3.72. The molecule has 0 unspecified atom stereocenters. The van der Waals surface area contributed by atoms with Crippen molar-refractivity contribution in [2.75, 3.05) is 23.3 Å². The molecule has 1 N–H and O–H groups in total. The van der Waals surface area contributed by atoms with Crippen LogP contribution in [-0.2, 0) is 19.6 Å². The number of carbonyl (C=O) groups is 2. The number of amides is 1. The first-order chi connectivity index (χ1) is 14.8. The summed E-state index contributed by atoms with van der Waals surface area (Å²) in [6.07, 6.45) is 0. The number of sulfonamides is 1. The van der Waals surface area contributed by atoms with Gasteiger partial charge in [-0.2, -0.15) is 0 Å². The maximum Gasteiger partial charge on any atom is 0.337 e. The summed E-state index contributed by atoms with van der Waals surface area (Å²) in [4.78, 5) is 24.1. The van der Waals surface area contributed by atoms with E-state index in [4.69, 9.17) is 0 Å². The van der Waals surface area contributed by atoms with Crippen LogP contribution in [0.1, 0.15) is 10.4 Å². The van der Waals surface area contributed by atoms with E-state index >= 15 is 0 Å². The van der Waals surface area contributed by atoms with E-state index in [1.807, 2.05) is 0 Å². The standard InChI is InChI=1S/C22H19FN2O5S/c1-30-22(27)16-7-11-18(12-8-16)24-21(26)15-25(19-13-9-17(23)10-14-19)31(28,29)20-5-3-2-4-6-20/h2-14H,15H2,1H3,(H,24,26). The van der Waals surface area contributed by atoms with Gasteiger partial charge in [-0.3, -0.25) is 9.10 Å². The van der Waals surface area contributed by atoms with Gasteiger partial charge in [-0.05, 0) is 60.7 Å². The highest BCUT2D eigenvalue weighted by molar-refractivity contribution is 7.92. The minimum Gasteiger partial charge on any atom is -0.465 e. The van der Waals surface area contributed by atoms with Crippen LogP contribution in [0, 0.1) is 5.82 Å². The van der Waals surface area contributed by atoms with Gasteiger partial charge in [0.1, 0.15) is 12.4 Å². The van der Waals surface area contributed by atoms with Crippen LogP contribution in [0.15, 0.2) is 83.8 Å². The van der Waals surface area contributed by atoms with Gasteiger partial charge in [0, 0.05) is 5.69 Å². The molecule has 0 radical (unpaired) electrons. The summed E-state index contributed by atoms with van der Waals surface area (Å²) in [6.45, 7) is -0.540. The number of halogens is 1. The van der Waals surface area contributed by atoms with Crippen molar-refractivity contribution in [1.29, 1.82) is 0 Å². The maximum atomic E-state index is 13.4. The van der Waals surface area contributed by atoms with Crippen LogP contribution < -0.4 is 9.62 Å². The van der Waals surface area contributed by atoms with Gasteiger partial charge < -0.3 is 10.1 Å². The Morgan fingerprint density at radius 3 is 2.13 bits per heavy atom. The van der Waals surface area contributed by atoms with E-state index in [2.05, 4.69) is 10.1 Å². The molecule has 0 heterocycles. The average molecular weight is 442 g/mol. The molecule has 0 aliphatic carbocycles. The largest absolute Gasteiger partial charge is 0.465 e. The highest BCUT2D eigenvalue weighted by Crippen LogP contribution is 2.24. The first-order valence-electron chi connectivity index (χ1n) is 9.13. The average Bonchev–Trinajstić information content (AvgIpc) is 2.78. The SMILES string of the molecule is COC(=O)c1ccc(NC(=O)CN(c2ccc(F)cc2)S(=O)(=O)c2ccccc2)cc1. The lowest BCUT2D eigenvalue weighted by Crippen LogP contribution is -2.38. The molecule has 0 aliphatic rings. The number of ether oxygens (including phenoxy) is 1. The molecule has 0 saturated heterocycles. The molecule has 9 heteroatoms. The predicted octanol–water partition coefficient (Wildman–Crippen LogP) is 3.45. The summed E-state index contributed by atoms with van der Waals surface area (Å²) in [5.41, 5.74) is 0.815. The monoisotopic (exact) mass is 442 g/mol. The number of hydrogen-bond donors (Lipinski definition) is 1. The number of carbonyl (C=O) groups excluding carboxylic acids is 2. The van der Waals surface area contributed by atoms with E-state index < -0.39 is 34.3 Å². The van der Waals surface area contributed by atoms with Crippen LogP contribution in [0.3, 0.4) is 0 Å². The fourth-order valence-electron chi connectivity index (χ4n) is 2.78. The number of methoxy groups -OCH3 is 1. The first-order valence-corrected chi connectivity index (χ1v) is 10.6. The zero-order valence-electron chi connectivity index (χ0n) is 16.5. The van der Waals surface area contributed by atoms with Crippen molar-refractivity contribution in [3.8, 4) is 0 Å². The Morgan fingerprint density at radius 1 is 0.935 bits per heavy atom. The van der Waals surface area contributed by atoms with Crippen molar-refractivity contribution in [2.45, 2.75) is 4.90 Å². The van der Waals surface area contributed by atoms with Crippen LogP contribution in [0.25, 0.3) is 0 Å². The molecular formula is C22H19FN2O5S. The summed E-state index contributed by atoms with van der Waals surface area (Å²) in [7, 11) is -2.83. The number of rotatable bonds is 7. The molecule has 0 fully saturated rings. The van der Waals surface area contributed by atoms with Gasteiger partial charge in [-0.25, -0.2) is 17.6 Å². The Kier molecular flexibility index (Phi) is 6.66. The summed E-state index contributed by atoms with van der Waals surface area (Å²) in [5.74, 6) is -1.67. The molecule has 31 heavy (non-hydrogen) atoms. The molecule has 3 rings (SSSR count). The van der Waals surface area contributed by atoms with Crippen LogP contribution in [0.5, 0.6) is 0 Å². The number of hydrogen-bond acceptors (Lipinski definition) is 5. The van der Waals surface area contributed by atoms with Crippen molar-refractivity contribution in [3.63, 3.8) is 0 Å². The van der Waals surface area contributed by atoms with Gasteiger partial charge in [0.25, 0.3) is 10.0 Å². The fraction of sp³-hybridized carbons (Fsp3) is 0.0909. The molecular weight excluding hydrogens is 423 g/mol. The van der Waals surface area contributed by atoms with Crippen molar-refractivity contribution >= 4 is 33.3 Å². The van der Waals surface area contributed by atoms with Crippen LogP contribution in [0.2, 0.25) is 0 Å². The quantitative estimate of drug-likeness (QED) is 0.566. The van der Waals surface area contributed by atoms with Gasteiger partial charge >= 0.3 is 5.97 Å². The Balaban J connectivity index is 1.85. The van der Waals surface area contributed by atoms with Crippen molar-refractivity contribution < 1.29 is 27.1 Å². The van der Waals surface area contributed by atoms with Crippen LogP contribution in [0.4, 0.5) is 15.8 Å². The minimum absolute atomic E-state index is 0.00504. The third-order valence-electron chi connectivity index (χ3n) is 4.32. The molecule has 3 aromatic carbocycles. The van der Waals surface area contributed by atoms with Crippen molar-refractivity contribution in [2.24, 2.45) is 0 Å². The lowest BCUT2D eigenvalue weighted by Gasteiger charge is -2.24. The number of nitrogens with one attached hydrogen (secondary N) is 1. The van der Waals surface area contributed by atoms with E-state index in [1.54, 1.807) is 18.2 Å². The number of anilines is 2. The highest BCUT2D eigenvalue weighted by atomic mass is 32.2. The molecule has 1 amide bonds. The fourth-order valence-corrected chi connectivity index (χ4v) is 4.22. The second-order valence-electron chi connectivity index (χ2n) is 6.42. The highest BCUT2D eigenvalue weighted by Gasteiger charge is 2.27. The zero-order valence-corrected chi connectivity index (χ0v) is 17.3. The molecule has 0 bridgehead atoms. The number of nitrogens with zero attached hydrogens (tertiary/aromatic N) is 1. The minimum atomic E-state index is -4.09. The maximum absolute atomic E-state index is 13.4. The Morgan fingerprint density at radius 2 is 1.55 bits per heavy atom. The lowest BCUT2D eigenvalue weighted by atomic mass is 10.2. The summed E-state index contributed by atoms with van der Waals surface area (Å²) in [6, 6.07) is 18.4. The van der Waals surface area contributed by atoms with Gasteiger partial charge in [-0.1, -0.05) is 18.2 Å². The zero-order chi connectivity index (χ0) is 22.4. The molecule has 7 nitrogen and oxygen atoms in total. The summed E-state index contributed by atoms with van der Waals surface area (Å²) in [5, 5.41) is 2.59. The summed E-state index contributed by atoms with van der Waals surface area (Å²) >= 11 is 0. The van der Waals surface area contributed by atoms with E-state index in [0.717, 1.165) is 16.4 Å². The lowest BCUT2D eigenvalue weighted by molar-refractivity contribution is -0.114. The Labute approximate surface area is 179 Å². The van der Waals surface area contributed by atoms with E-state index in [1.165, 1.54) is 55.6 Å². The molecule has 3 aromatic rings. The van der Waals surface area contributed by atoms with Gasteiger partial charge in [0.15, 0.2) is 0 Å². The Bertz CT molecular complexity index is 1160. The van der Waals surface area contributed by atoms with Crippen molar-refractivity contribution in [3.05, 3.63) is 90.2 Å². The predicted molar refractivity (Wildman–Crippen MR) is 114 cm³/mol. The number of benzene rings is 3.